The third-order valence-electron chi connectivity index (χ3n) is 16.4. The van der Waals surface area contributed by atoms with Gasteiger partial charge in [0.15, 0.2) is 18.9 Å². The van der Waals surface area contributed by atoms with Crippen molar-refractivity contribution in [2.75, 3.05) is 20.3 Å². The van der Waals surface area contributed by atoms with Crippen LogP contribution in [0.1, 0.15) is 91.9 Å². The molecule has 16 nitrogen and oxygen atoms in total. The maximum Gasteiger partial charge on any atom is 0.331 e. The first-order valence-electron chi connectivity index (χ1n) is 21.6. The molecule has 0 unspecified atom stereocenters. The molecule has 8 aliphatic rings. The van der Waals surface area contributed by atoms with Crippen molar-refractivity contribution in [2.45, 2.75) is 190 Å². The fourth-order valence-electron chi connectivity index (χ4n) is 13.1. The van der Waals surface area contributed by atoms with Crippen LogP contribution in [0.3, 0.4) is 0 Å². The van der Waals surface area contributed by atoms with E-state index < -0.39 is 98.2 Å². The van der Waals surface area contributed by atoms with Gasteiger partial charge in [0.1, 0.15) is 55.4 Å². The molecule has 0 radical (unpaired) electrons. The van der Waals surface area contributed by atoms with Gasteiger partial charge in [0.25, 0.3) is 0 Å². The van der Waals surface area contributed by atoms with Crippen molar-refractivity contribution in [2.24, 2.45) is 34.5 Å². The molecule has 0 amide bonds. The van der Waals surface area contributed by atoms with Gasteiger partial charge in [0.2, 0.25) is 0 Å². The zero-order chi connectivity index (χ0) is 41.5. The third kappa shape index (κ3) is 7.22. The van der Waals surface area contributed by atoms with Gasteiger partial charge in [0.05, 0.1) is 36.6 Å². The van der Waals surface area contributed by atoms with Gasteiger partial charge in [-0.1, -0.05) is 13.8 Å². The van der Waals surface area contributed by atoms with E-state index in [1.165, 1.54) is 7.11 Å². The van der Waals surface area contributed by atoms with Crippen LogP contribution in [0.15, 0.2) is 11.6 Å². The molecule has 0 bridgehead atoms. The summed E-state index contributed by atoms with van der Waals surface area (Å²) in [4.78, 5) is 11.9. The Bertz CT molecular complexity index is 1500. The van der Waals surface area contributed by atoms with Crippen LogP contribution >= 0.6 is 0 Å². The average molecular weight is 827 g/mol. The van der Waals surface area contributed by atoms with Gasteiger partial charge < -0.3 is 73.6 Å². The molecule has 0 spiro atoms. The van der Waals surface area contributed by atoms with Crippen molar-refractivity contribution in [1.82, 2.24) is 0 Å². The monoisotopic (exact) mass is 826 g/mol. The maximum absolute atomic E-state index is 12.6. The highest BCUT2D eigenvalue weighted by atomic mass is 16.8. The highest BCUT2D eigenvalue weighted by molar-refractivity contribution is 5.85. The summed E-state index contributed by atoms with van der Waals surface area (Å²) >= 11 is 0. The third-order valence-corrected chi connectivity index (χ3v) is 16.4. The zero-order valence-corrected chi connectivity index (χ0v) is 34.3. The van der Waals surface area contributed by atoms with E-state index in [0.29, 0.717) is 18.4 Å². The lowest BCUT2D eigenvalue weighted by Crippen LogP contribution is -2.65. The van der Waals surface area contributed by atoms with Crippen molar-refractivity contribution in [3.8, 4) is 0 Å². The minimum Gasteiger partial charge on any atom is -0.458 e. The van der Waals surface area contributed by atoms with Crippen molar-refractivity contribution in [1.29, 1.82) is 0 Å². The summed E-state index contributed by atoms with van der Waals surface area (Å²) in [5, 5.41) is 75.8. The molecule has 8 rings (SSSR count). The highest BCUT2D eigenvalue weighted by Crippen LogP contribution is 2.70. The first-order chi connectivity index (χ1) is 27.5. The van der Waals surface area contributed by atoms with Gasteiger partial charge in [-0.2, -0.15) is 0 Å². The predicted molar refractivity (Wildman–Crippen MR) is 200 cm³/mol. The molecule has 4 saturated carbocycles. The number of hydrogen-bond acceptors (Lipinski definition) is 16. The molecule has 58 heavy (non-hydrogen) atoms. The van der Waals surface area contributed by atoms with Gasteiger partial charge in [-0.25, -0.2) is 4.79 Å². The van der Waals surface area contributed by atoms with Gasteiger partial charge >= 0.3 is 5.97 Å². The standard InChI is InChI=1S/C42H66O16/c1-19-35(57-39-34(49)37(51-5)36(20(2)54-39)58-38-33(48)32(47)31(46)28(17-43)56-38)27(44)16-30(53-19)55-23-8-11-40(3)22(15-23)6-7-26-25(40)9-12-41(4)24(10-13-42(26,41)50)21-14-29(45)52-18-21/h14,19-20,22-28,30-39,43-44,46-50H,6-13,15-18H2,1-5H3/t19-,20-,22-,23+,24-,25+,26-,27+,28-,30+,31-,32+,33-,34-,35-,36+,37-,38+,39+,40+,41-,42+/m1/s1. The van der Waals surface area contributed by atoms with E-state index in [1.54, 1.807) is 19.9 Å². The number of cyclic esters (lactones) is 1. The highest BCUT2D eigenvalue weighted by Gasteiger charge is 2.68. The Morgan fingerprint density at radius 2 is 1.48 bits per heavy atom. The van der Waals surface area contributed by atoms with Gasteiger partial charge in [-0.05, 0) is 106 Å². The fraction of sp³-hybridized carbons (Fsp3) is 0.929. The minimum absolute atomic E-state index is 0.0384. The summed E-state index contributed by atoms with van der Waals surface area (Å²) in [6.07, 6.45) is -5.99. The fourth-order valence-corrected chi connectivity index (χ4v) is 13.1. The van der Waals surface area contributed by atoms with Crippen molar-refractivity contribution >= 4 is 5.97 Å². The lowest BCUT2D eigenvalue weighted by atomic mass is 9.43. The Balaban J connectivity index is 0.847. The van der Waals surface area contributed by atoms with E-state index in [2.05, 4.69) is 13.8 Å². The first kappa shape index (κ1) is 43.3. The van der Waals surface area contributed by atoms with E-state index in [-0.39, 0.29) is 41.2 Å². The number of carbonyl (C=O) groups excluding carboxylic acids is 1. The molecule has 0 aromatic rings. The lowest BCUT2D eigenvalue weighted by Gasteiger charge is -2.64. The van der Waals surface area contributed by atoms with Gasteiger partial charge in [0, 0.05) is 25.0 Å². The van der Waals surface area contributed by atoms with Crippen LogP contribution in [-0.4, -0.2) is 160 Å². The molecule has 0 aromatic carbocycles. The van der Waals surface area contributed by atoms with E-state index in [1.807, 2.05) is 0 Å². The molecule has 4 aliphatic heterocycles. The number of rotatable bonds is 9. The largest absolute Gasteiger partial charge is 0.458 e. The van der Waals surface area contributed by atoms with Crippen molar-refractivity contribution in [3.05, 3.63) is 11.6 Å². The Kier molecular flexibility index (Phi) is 12.2. The molecule has 330 valence electrons. The van der Waals surface area contributed by atoms with Crippen LogP contribution in [-0.2, 0) is 42.7 Å². The Morgan fingerprint density at radius 3 is 2.17 bits per heavy atom. The first-order valence-corrected chi connectivity index (χ1v) is 21.6. The van der Waals surface area contributed by atoms with Crippen LogP contribution in [0, 0.1) is 34.5 Å². The van der Waals surface area contributed by atoms with Crippen LogP contribution in [0.2, 0.25) is 0 Å². The van der Waals surface area contributed by atoms with Crippen molar-refractivity contribution in [3.63, 3.8) is 0 Å². The van der Waals surface area contributed by atoms with Crippen molar-refractivity contribution < 1.29 is 78.4 Å². The van der Waals surface area contributed by atoms with Crippen LogP contribution < -0.4 is 0 Å². The minimum atomic E-state index is -1.65. The maximum atomic E-state index is 12.6. The number of aliphatic hydroxyl groups excluding tert-OH is 6. The summed E-state index contributed by atoms with van der Waals surface area (Å²) in [7, 11) is 1.36. The van der Waals surface area contributed by atoms with E-state index in [9.17, 15) is 40.5 Å². The average Bonchev–Trinajstić information content (AvgIpc) is 3.74. The molecule has 7 N–H and O–H groups in total. The van der Waals surface area contributed by atoms with E-state index in [4.69, 9.17) is 37.9 Å². The molecular weight excluding hydrogens is 760 g/mol. The number of carbonyl (C=O) groups is 1. The lowest BCUT2D eigenvalue weighted by molar-refractivity contribution is -0.370. The summed E-state index contributed by atoms with van der Waals surface area (Å²) in [6.45, 7) is 7.84. The van der Waals surface area contributed by atoms with Crippen LogP contribution in [0.5, 0.6) is 0 Å². The number of aliphatic hydroxyl groups is 7. The molecule has 3 saturated heterocycles. The number of ether oxygens (including phenoxy) is 8. The Morgan fingerprint density at radius 1 is 0.759 bits per heavy atom. The normalized spacial score (nSPS) is 54.6. The number of esters is 1. The summed E-state index contributed by atoms with van der Waals surface area (Å²) in [5.41, 5.74) is 0.0976. The number of fused-ring (bicyclic) bond motifs is 5. The predicted octanol–water partition coefficient (Wildman–Crippen LogP) is 0.815. The number of hydrogen-bond donors (Lipinski definition) is 7. The Hall–Kier alpha value is -1.35. The summed E-state index contributed by atoms with van der Waals surface area (Å²) < 4.78 is 47.4. The molecule has 22 atom stereocenters. The second kappa shape index (κ2) is 16.4. The molecule has 4 aliphatic carbocycles. The van der Waals surface area contributed by atoms with Crippen LogP contribution in [0.25, 0.3) is 0 Å². The molecule has 16 heteroatoms. The van der Waals surface area contributed by atoms with Crippen LogP contribution in [0.4, 0.5) is 0 Å². The second-order valence-electron chi connectivity index (χ2n) is 19.2. The summed E-state index contributed by atoms with van der Waals surface area (Å²) in [6, 6.07) is 0. The molecule has 7 fully saturated rings. The molecule has 4 heterocycles. The SMILES string of the molecule is CO[C@@H]1[C@@H](O)[C@H](O[C@H]2[C@@H](O)C[C@H](O[C@H]3CC[C@@]4(C)[C@H](CC[C@@H]5[C@@H]4CC[C@]4(C)[C@@H](C6=CC(=O)OC6)CC[C@]54O)C3)O[C@@H]2C)O[C@H](C)[C@@H]1O[C@@H]1O[C@H](CO)[C@@H](O)[C@H](O)[C@H]1O. The zero-order valence-electron chi connectivity index (χ0n) is 34.3. The quantitative estimate of drug-likeness (QED) is 0.126. The smallest absolute Gasteiger partial charge is 0.331 e. The molecule has 0 aromatic heterocycles. The van der Waals surface area contributed by atoms with Gasteiger partial charge in [-0.15, -0.1) is 0 Å². The van der Waals surface area contributed by atoms with Gasteiger partial charge in [-0.3, -0.25) is 0 Å². The van der Waals surface area contributed by atoms with E-state index >= 15 is 0 Å². The second-order valence-corrected chi connectivity index (χ2v) is 19.2. The Labute approximate surface area is 340 Å². The molecular formula is C42H66O16. The van der Waals surface area contributed by atoms with E-state index in [0.717, 1.165) is 63.4 Å². The summed E-state index contributed by atoms with van der Waals surface area (Å²) in [5.74, 6) is 0.979. The topological polar surface area (TPSA) is 233 Å². The number of methoxy groups -OCH3 is 1.